The first-order valence-corrected chi connectivity index (χ1v) is 16.3. The van der Waals surface area contributed by atoms with E-state index in [9.17, 15) is 0 Å². The van der Waals surface area contributed by atoms with Crippen molar-refractivity contribution < 1.29 is 0 Å². The van der Waals surface area contributed by atoms with Crippen molar-refractivity contribution in [3.8, 4) is 55.6 Å². The van der Waals surface area contributed by atoms with Gasteiger partial charge in [0.15, 0.2) is 0 Å². The maximum atomic E-state index is 2.53. The lowest BCUT2D eigenvalue weighted by molar-refractivity contribution is 0.659. The molecule has 1 atom stereocenters. The van der Waals surface area contributed by atoms with E-state index in [1.165, 1.54) is 83.5 Å². The van der Waals surface area contributed by atoms with Crippen molar-refractivity contribution in [1.82, 2.24) is 0 Å². The van der Waals surface area contributed by atoms with Gasteiger partial charge in [0.1, 0.15) is 0 Å². The number of hydrogen-bond donors (Lipinski definition) is 0. The van der Waals surface area contributed by atoms with Gasteiger partial charge in [0.05, 0.1) is 0 Å². The Morgan fingerprint density at radius 3 is 1.61 bits per heavy atom. The van der Waals surface area contributed by atoms with Crippen LogP contribution in [0.4, 0.5) is 0 Å². The van der Waals surface area contributed by atoms with Gasteiger partial charge in [0.25, 0.3) is 0 Å². The van der Waals surface area contributed by atoms with E-state index in [4.69, 9.17) is 0 Å². The smallest absolute Gasteiger partial charge is 0.0352 e. The zero-order chi connectivity index (χ0) is 30.8. The minimum atomic E-state index is -0.0339. The van der Waals surface area contributed by atoms with Crippen LogP contribution in [0.15, 0.2) is 164 Å². The van der Waals surface area contributed by atoms with E-state index < -0.39 is 0 Å². The van der Waals surface area contributed by atoms with Gasteiger partial charge in [-0.15, -0.1) is 0 Å². The Bertz CT molecular complexity index is 2210. The average molecular weight is 587 g/mol. The molecule has 7 aromatic carbocycles. The van der Waals surface area contributed by atoms with Crippen LogP contribution in [0.5, 0.6) is 0 Å². The fourth-order valence-corrected chi connectivity index (χ4v) is 8.04. The van der Waals surface area contributed by atoms with Gasteiger partial charge in [-0.1, -0.05) is 153 Å². The Labute approximate surface area is 271 Å². The van der Waals surface area contributed by atoms with Crippen molar-refractivity contribution in [3.05, 3.63) is 192 Å². The summed E-state index contributed by atoms with van der Waals surface area (Å²) >= 11 is 0. The van der Waals surface area contributed by atoms with E-state index in [1.54, 1.807) is 0 Å². The van der Waals surface area contributed by atoms with E-state index in [0.717, 1.165) is 0 Å². The number of fused-ring (bicyclic) bond motifs is 6. The second-order valence-electron chi connectivity index (χ2n) is 13.3. The van der Waals surface area contributed by atoms with E-state index >= 15 is 0 Å². The Morgan fingerprint density at radius 1 is 0.348 bits per heavy atom. The highest BCUT2D eigenvalue weighted by Gasteiger charge is 2.39. The van der Waals surface area contributed by atoms with Crippen molar-refractivity contribution in [1.29, 1.82) is 0 Å². The quantitative estimate of drug-likeness (QED) is 0.192. The molecule has 218 valence electrons. The molecular formula is C46H34. The van der Waals surface area contributed by atoms with Crippen molar-refractivity contribution in [3.63, 3.8) is 0 Å². The Morgan fingerprint density at radius 2 is 0.913 bits per heavy atom. The molecule has 46 heavy (non-hydrogen) atoms. The highest BCUT2D eigenvalue weighted by atomic mass is 14.4. The highest BCUT2D eigenvalue weighted by molar-refractivity contribution is 5.90. The molecule has 0 nitrogen and oxygen atoms in total. The van der Waals surface area contributed by atoms with Crippen LogP contribution in [-0.2, 0) is 5.41 Å². The van der Waals surface area contributed by atoms with Crippen molar-refractivity contribution in [2.24, 2.45) is 0 Å². The Kier molecular flexibility index (Phi) is 6.02. The SMILES string of the molecule is CC1(C)c2ccccc2-c2cc3c(cc21)C(c1cccc(-c2cc(-c4ccccc4)cc(-c4ccccc4)c2)c1)c1ccccc1-3. The van der Waals surface area contributed by atoms with Crippen LogP contribution in [-0.4, -0.2) is 0 Å². The molecule has 9 rings (SSSR count). The van der Waals surface area contributed by atoms with Gasteiger partial charge in [0.2, 0.25) is 0 Å². The summed E-state index contributed by atoms with van der Waals surface area (Å²) in [6.45, 7) is 4.76. The van der Waals surface area contributed by atoms with Gasteiger partial charge in [0, 0.05) is 11.3 Å². The minimum Gasteiger partial charge on any atom is -0.0622 e. The van der Waals surface area contributed by atoms with Gasteiger partial charge >= 0.3 is 0 Å². The summed E-state index contributed by atoms with van der Waals surface area (Å²) in [6, 6.07) is 60.8. The molecule has 7 aromatic rings. The molecular weight excluding hydrogens is 553 g/mol. The predicted molar refractivity (Wildman–Crippen MR) is 193 cm³/mol. The lowest BCUT2D eigenvalue weighted by Crippen LogP contribution is -2.15. The van der Waals surface area contributed by atoms with Crippen LogP contribution in [0, 0.1) is 0 Å². The van der Waals surface area contributed by atoms with Gasteiger partial charge in [-0.2, -0.15) is 0 Å². The fraction of sp³-hybridized carbons (Fsp3) is 0.0870. The first-order valence-electron chi connectivity index (χ1n) is 16.3. The van der Waals surface area contributed by atoms with Crippen LogP contribution in [0.3, 0.4) is 0 Å². The summed E-state index contributed by atoms with van der Waals surface area (Å²) in [5, 5.41) is 0. The van der Waals surface area contributed by atoms with Gasteiger partial charge < -0.3 is 0 Å². The molecule has 0 spiro atoms. The third-order valence-corrected chi connectivity index (χ3v) is 10.3. The van der Waals surface area contributed by atoms with Gasteiger partial charge in [-0.05, 0) is 108 Å². The summed E-state index contributed by atoms with van der Waals surface area (Å²) in [7, 11) is 0. The second kappa shape index (κ2) is 10.3. The first kappa shape index (κ1) is 26.9. The predicted octanol–water partition coefficient (Wildman–Crippen LogP) is 12.2. The largest absolute Gasteiger partial charge is 0.0622 e. The molecule has 1 unspecified atom stereocenters. The standard InChI is InChI=1S/C46H34/c1-46(2)43-23-12-11-21-38(43)41-28-40-37-20-9-10-22-39(37)45(42(40)29-44(41)46)33-19-13-18-32(24-33)36-26-34(30-14-5-3-6-15-30)25-35(27-36)31-16-7-4-8-17-31/h3-29,45H,1-2H3. The normalized spacial score (nSPS) is 15.1. The number of benzene rings is 7. The van der Waals surface area contributed by atoms with Crippen LogP contribution < -0.4 is 0 Å². The number of rotatable bonds is 4. The van der Waals surface area contributed by atoms with E-state index in [1.807, 2.05) is 0 Å². The van der Waals surface area contributed by atoms with Gasteiger partial charge in [-0.25, -0.2) is 0 Å². The minimum absolute atomic E-state index is 0.0339. The maximum absolute atomic E-state index is 2.53. The average Bonchev–Trinajstić information content (AvgIpc) is 3.56. The van der Waals surface area contributed by atoms with E-state index in [2.05, 4.69) is 178 Å². The summed E-state index contributed by atoms with van der Waals surface area (Å²) in [6.07, 6.45) is 0. The van der Waals surface area contributed by atoms with Crippen LogP contribution in [0.2, 0.25) is 0 Å². The maximum Gasteiger partial charge on any atom is 0.0352 e. The summed E-state index contributed by atoms with van der Waals surface area (Å²) < 4.78 is 0. The molecule has 0 aliphatic heterocycles. The molecule has 2 aliphatic rings. The summed E-state index contributed by atoms with van der Waals surface area (Å²) in [5.41, 5.74) is 19.9. The molecule has 2 aliphatic carbocycles. The van der Waals surface area contributed by atoms with Crippen molar-refractivity contribution in [2.75, 3.05) is 0 Å². The van der Waals surface area contributed by atoms with Crippen molar-refractivity contribution >= 4 is 0 Å². The second-order valence-corrected chi connectivity index (χ2v) is 13.3. The molecule has 0 N–H and O–H groups in total. The van der Waals surface area contributed by atoms with Crippen LogP contribution in [0.1, 0.15) is 47.6 Å². The summed E-state index contributed by atoms with van der Waals surface area (Å²) in [4.78, 5) is 0. The molecule has 0 amide bonds. The fourth-order valence-electron chi connectivity index (χ4n) is 8.04. The molecule has 0 heterocycles. The van der Waals surface area contributed by atoms with E-state index in [0.29, 0.717) is 0 Å². The van der Waals surface area contributed by atoms with Gasteiger partial charge in [-0.3, -0.25) is 0 Å². The highest BCUT2D eigenvalue weighted by Crippen LogP contribution is 2.55. The molecule has 0 saturated carbocycles. The van der Waals surface area contributed by atoms with Crippen LogP contribution >= 0.6 is 0 Å². The third kappa shape index (κ3) is 4.14. The van der Waals surface area contributed by atoms with Crippen LogP contribution in [0.25, 0.3) is 55.6 Å². The topological polar surface area (TPSA) is 0 Å². The molecule has 0 fully saturated rings. The molecule has 0 heteroatoms. The van der Waals surface area contributed by atoms with E-state index in [-0.39, 0.29) is 11.3 Å². The zero-order valence-electron chi connectivity index (χ0n) is 26.2. The molecule has 0 bridgehead atoms. The number of hydrogen-bond acceptors (Lipinski definition) is 0. The Hall–Kier alpha value is -5.46. The lowest BCUT2D eigenvalue weighted by atomic mass is 9.80. The van der Waals surface area contributed by atoms with Crippen molar-refractivity contribution in [2.45, 2.75) is 25.2 Å². The lowest BCUT2D eigenvalue weighted by Gasteiger charge is -2.23. The monoisotopic (exact) mass is 586 g/mol. The zero-order valence-corrected chi connectivity index (χ0v) is 26.2. The molecule has 0 aromatic heterocycles. The third-order valence-electron chi connectivity index (χ3n) is 10.3. The first-order chi connectivity index (χ1) is 22.6. The molecule has 0 saturated heterocycles. The summed E-state index contributed by atoms with van der Waals surface area (Å²) in [5.74, 6) is 0.182. The Balaban J connectivity index is 1.21. The molecule has 0 radical (unpaired) electrons.